The van der Waals surface area contributed by atoms with Crippen molar-refractivity contribution in [2.24, 2.45) is 0 Å². The monoisotopic (exact) mass is 701 g/mol. The lowest BCUT2D eigenvalue weighted by Gasteiger charge is -1.90. The highest BCUT2D eigenvalue weighted by Crippen LogP contribution is 2.13. The molecule has 15 heteroatoms. The molecule has 1 aliphatic heterocycles. The van der Waals surface area contributed by atoms with Gasteiger partial charge in [0.25, 0.3) is 0 Å². The summed E-state index contributed by atoms with van der Waals surface area (Å²) < 4.78 is 11.4. The maximum Gasteiger partial charge on any atom is 0.155 e. The third-order valence-electron chi connectivity index (χ3n) is 7.78. The Labute approximate surface area is 303 Å². The summed E-state index contributed by atoms with van der Waals surface area (Å²) in [5, 5.41) is 11.9. The Bertz CT molecular complexity index is 2160. The van der Waals surface area contributed by atoms with Crippen molar-refractivity contribution in [3.63, 3.8) is 0 Å². The molecule has 12 heterocycles. The summed E-state index contributed by atoms with van der Waals surface area (Å²) in [4.78, 5) is 24.0. The third-order valence-corrected chi connectivity index (χ3v) is 7.78. The molecule has 15 nitrogen and oxygen atoms in total. The van der Waals surface area contributed by atoms with Gasteiger partial charge in [0.1, 0.15) is 12.0 Å². The highest BCUT2D eigenvalue weighted by Gasteiger charge is 2.06. The van der Waals surface area contributed by atoms with Crippen LogP contribution in [0.25, 0.3) is 28.2 Å². The fourth-order valence-corrected chi connectivity index (χ4v) is 5.25. The molecule has 262 valence electrons. The Kier molecular flexibility index (Phi) is 11.1. The maximum atomic E-state index is 4.08. The van der Waals surface area contributed by atoms with Crippen LogP contribution in [0.15, 0.2) is 178 Å². The predicted octanol–water partition coefficient (Wildman–Crippen LogP) is 5.69. The number of rotatable bonds is 0. The molecule has 0 saturated carbocycles. The van der Waals surface area contributed by atoms with Crippen LogP contribution in [0.1, 0.15) is 12.1 Å². The van der Waals surface area contributed by atoms with Gasteiger partial charge in [-0.1, -0.05) is 12.1 Å². The molecule has 0 unspecified atom stereocenters. The van der Waals surface area contributed by atoms with Crippen LogP contribution in [-0.4, -0.2) is 72.1 Å². The second-order valence-corrected chi connectivity index (χ2v) is 11.2. The van der Waals surface area contributed by atoms with Crippen LogP contribution in [0.2, 0.25) is 0 Å². The second kappa shape index (κ2) is 17.4. The maximum absolute atomic E-state index is 4.08. The Morgan fingerprint density at radius 3 is 1.91 bits per heavy atom. The number of aryl methyl sites for hydroxylation is 2. The van der Waals surface area contributed by atoms with Gasteiger partial charge in [-0.2, -0.15) is 15.3 Å². The number of hydrogen-bond donors (Lipinski definition) is 0. The number of fused-ring (bicyclic) bond motifs is 6. The Hall–Kier alpha value is -7.55. The van der Waals surface area contributed by atoms with Crippen LogP contribution < -0.4 is 0 Å². The largest absolute Gasteiger partial charge is 0.351 e. The molecule has 0 fully saturated rings. The van der Waals surface area contributed by atoms with Crippen molar-refractivity contribution in [1.29, 1.82) is 0 Å². The molecule has 0 aliphatic carbocycles. The van der Waals surface area contributed by atoms with Gasteiger partial charge in [-0.3, -0.25) is 4.98 Å². The lowest BCUT2D eigenvalue weighted by atomic mass is 10.3. The summed E-state index contributed by atoms with van der Waals surface area (Å²) in [6, 6.07) is 23.5. The van der Waals surface area contributed by atoms with E-state index in [9.17, 15) is 0 Å². The van der Waals surface area contributed by atoms with Crippen molar-refractivity contribution < 1.29 is 0 Å². The van der Waals surface area contributed by atoms with Crippen LogP contribution in [0.4, 0.5) is 0 Å². The average molecular weight is 702 g/mol. The zero-order chi connectivity index (χ0) is 35.9. The van der Waals surface area contributed by atoms with Gasteiger partial charge in [0.2, 0.25) is 0 Å². The van der Waals surface area contributed by atoms with Crippen molar-refractivity contribution in [3.05, 3.63) is 184 Å². The molecule has 0 saturated heterocycles. The highest BCUT2D eigenvalue weighted by molar-refractivity contribution is 5.37. The van der Waals surface area contributed by atoms with E-state index < -0.39 is 0 Å². The van der Waals surface area contributed by atoms with E-state index >= 15 is 0 Å². The van der Waals surface area contributed by atoms with Crippen molar-refractivity contribution in [1.82, 2.24) is 72.1 Å². The summed E-state index contributed by atoms with van der Waals surface area (Å²) in [5.74, 6) is 0. The molecule has 0 N–H and O–H groups in total. The Morgan fingerprint density at radius 2 is 1.08 bits per heavy atom. The molecule has 1 aliphatic rings. The van der Waals surface area contributed by atoms with E-state index in [0.29, 0.717) is 0 Å². The molecule has 0 spiro atoms. The van der Waals surface area contributed by atoms with Gasteiger partial charge in [0, 0.05) is 105 Å². The molecule has 0 radical (unpaired) electrons. The number of aromatic nitrogens is 15. The quantitative estimate of drug-likeness (QED) is 0.195. The van der Waals surface area contributed by atoms with Crippen LogP contribution in [0, 0.1) is 0 Å². The zero-order valence-corrected chi connectivity index (χ0v) is 28.6. The zero-order valence-electron chi connectivity index (χ0n) is 28.6. The highest BCUT2D eigenvalue weighted by atomic mass is 15.3. The van der Waals surface area contributed by atoms with Crippen molar-refractivity contribution >= 4 is 28.2 Å². The first-order chi connectivity index (χ1) is 26.3. The summed E-state index contributed by atoms with van der Waals surface area (Å²) in [5.41, 5.74) is 6.05. The van der Waals surface area contributed by atoms with Crippen LogP contribution in [0.5, 0.6) is 0 Å². The molecular formula is C38H35N15. The summed E-state index contributed by atoms with van der Waals surface area (Å²) >= 11 is 0. The molecular weight excluding hydrogens is 667 g/mol. The van der Waals surface area contributed by atoms with Gasteiger partial charge in [-0.15, -0.1) is 0 Å². The van der Waals surface area contributed by atoms with Crippen molar-refractivity contribution in [3.8, 4) is 0 Å². The molecule has 11 aromatic rings. The van der Waals surface area contributed by atoms with Gasteiger partial charge < -0.3 is 13.4 Å². The lowest BCUT2D eigenvalue weighted by molar-refractivity contribution is 0.750. The van der Waals surface area contributed by atoms with E-state index in [0.717, 1.165) is 28.2 Å². The number of nitrogens with zero attached hydrogens (tertiary/aromatic N) is 15. The van der Waals surface area contributed by atoms with E-state index in [4.69, 9.17) is 0 Å². The van der Waals surface area contributed by atoms with Gasteiger partial charge in [-0.05, 0) is 67.4 Å². The predicted molar refractivity (Wildman–Crippen MR) is 200 cm³/mol. The first kappa shape index (κ1) is 33.9. The first-order valence-electron chi connectivity index (χ1n) is 16.8. The third kappa shape index (κ3) is 9.17. The number of pyridine rings is 2. The molecule has 0 aromatic carbocycles. The summed E-state index contributed by atoms with van der Waals surface area (Å²) in [6.45, 7) is 1.24. The van der Waals surface area contributed by atoms with Crippen LogP contribution >= 0.6 is 0 Å². The number of hydrogen-bond acceptors (Lipinski definition) is 9. The minimum Gasteiger partial charge on any atom is -0.351 e. The van der Waals surface area contributed by atoms with Crippen molar-refractivity contribution in [2.45, 2.75) is 19.4 Å². The van der Waals surface area contributed by atoms with Crippen LogP contribution in [0.3, 0.4) is 0 Å². The van der Waals surface area contributed by atoms with Gasteiger partial charge >= 0.3 is 0 Å². The topological polar surface area (TPSA) is 143 Å². The SMILES string of the molecule is c1cc2n(c1)CCC2.c1ccn2ccnc2c1.c1ccn2ncnc2c1.c1cn2ccnc2cn1.c1cnc2ccnn2c1.c1cnn2ccnc2c1. The number of imidazole rings is 3. The fraction of sp³-hybridized carbons (Fsp3) is 0.0789. The molecule has 0 amide bonds. The minimum absolute atomic E-state index is 0.887. The second-order valence-electron chi connectivity index (χ2n) is 11.2. The smallest absolute Gasteiger partial charge is 0.155 e. The minimum atomic E-state index is 0.887. The molecule has 0 atom stereocenters. The van der Waals surface area contributed by atoms with Crippen molar-refractivity contribution in [2.75, 3.05) is 0 Å². The summed E-state index contributed by atoms with van der Waals surface area (Å²) in [6.07, 6.45) is 33.4. The van der Waals surface area contributed by atoms with Crippen LogP contribution in [-0.2, 0) is 13.0 Å². The van der Waals surface area contributed by atoms with E-state index in [2.05, 4.69) is 68.1 Å². The van der Waals surface area contributed by atoms with Gasteiger partial charge in [-0.25, -0.2) is 38.5 Å². The van der Waals surface area contributed by atoms with Gasteiger partial charge in [0.15, 0.2) is 22.6 Å². The van der Waals surface area contributed by atoms with E-state index in [1.54, 1.807) is 63.1 Å². The first-order valence-corrected chi connectivity index (χ1v) is 16.8. The molecule has 0 bridgehead atoms. The molecule has 11 aromatic heterocycles. The standard InChI is InChI=1S/C7H6N2.C7H9N.4C6H5N3/c1-2-5-9-6-4-8-7(9)3-1;1-3-7-4-2-6-8(7)5-1;1-3-9-4-2-8-6(9)5-7-1;1-3-7-6-2-4-8-9(6)5-1;1-2-6-7-4-5-9(6)8-3-1;1-2-4-9-6(3-1)7-5-8-9/h1-6H;1,3,5H,2,4,6H2;4*1-5H. The Balaban J connectivity index is 0.0000000986. The van der Waals surface area contributed by atoms with E-state index in [1.807, 2.05) is 113 Å². The van der Waals surface area contributed by atoms with E-state index in [1.165, 1.54) is 31.4 Å². The molecule has 12 rings (SSSR count). The molecule has 53 heavy (non-hydrogen) atoms. The lowest BCUT2D eigenvalue weighted by Crippen LogP contribution is -1.86. The fourth-order valence-electron chi connectivity index (χ4n) is 5.25. The Morgan fingerprint density at radius 1 is 0.415 bits per heavy atom. The summed E-state index contributed by atoms with van der Waals surface area (Å²) in [7, 11) is 0. The van der Waals surface area contributed by atoms with E-state index in [-0.39, 0.29) is 0 Å². The normalized spacial score (nSPS) is 11.2. The van der Waals surface area contributed by atoms with Gasteiger partial charge in [0.05, 0.1) is 12.4 Å². The average Bonchev–Trinajstić information content (AvgIpc) is 4.07.